The third kappa shape index (κ3) is 2.94. The summed E-state index contributed by atoms with van der Waals surface area (Å²) in [6, 6.07) is 2.54. The van der Waals surface area contributed by atoms with E-state index in [0.29, 0.717) is 5.92 Å². The molecule has 0 radical (unpaired) electrons. The largest absolute Gasteiger partial charge is 0.433 e. The molecule has 1 unspecified atom stereocenters. The number of pyridine rings is 1. The lowest BCUT2D eigenvalue weighted by atomic mass is 9.91. The van der Waals surface area contributed by atoms with Gasteiger partial charge in [0.2, 0.25) is 0 Å². The van der Waals surface area contributed by atoms with Gasteiger partial charge in [-0.15, -0.1) is 0 Å². The van der Waals surface area contributed by atoms with Crippen LogP contribution in [0.25, 0.3) is 0 Å². The molecule has 15 heavy (non-hydrogen) atoms. The van der Waals surface area contributed by atoms with E-state index in [4.69, 9.17) is 0 Å². The minimum atomic E-state index is -4.35. The van der Waals surface area contributed by atoms with E-state index in [1.165, 1.54) is 12.3 Å². The summed E-state index contributed by atoms with van der Waals surface area (Å²) in [6.45, 7) is 6.04. The summed E-state index contributed by atoms with van der Waals surface area (Å²) in [7, 11) is 0. The molecule has 0 spiro atoms. The van der Waals surface area contributed by atoms with Crippen molar-refractivity contribution in [2.75, 3.05) is 0 Å². The Hall–Kier alpha value is -1.06. The fourth-order valence-electron chi connectivity index (χ4n) is 1.23. The zero-order chi connectivity index (χ0) is 11.6. The van der Waals surface area contributed by atoms with Crippen molar-refractivity contribution < 1.29 is 13.2 Å². The molecule has 0 aliphatic carbocycles. The van der Waals surface area contributed by atoms with E-state index in [2.05, 4.69) is 4.98 Å². The number of aromatic nitrogens is 1. The Kier molecular flexibility index (Phi) is 3.37. The molecule has 0 amide bonds. The van der Waals surface area contributed by atoms with Crippen molar-refractivity contribution in [3.63, 3.8) is 0 Å². The topological polar surface area (TPSA) is 12.9 Å². The lowest BCUT2D eigenvalue weighted by Crippen LogP contribution is -2.09. The second-order valence-electron chi connectivity index (χ2n) is 4.01. The van der Waals surface area contributed by atoms with Crippen molar-refractivity contribution in [1.29, 1.82) is 0 Å². The summed E-state index contributed by atoms with van der Waals surface area (Å²) in [5.74, 6) is 0.614. The monoisotopic (exact) mass is 217 g/mol. The van der Waals surface area contributed by atoms with Gasteiger partial charge in [0.05, 0.1) is 0 Å². The highest BCUT2D eigenvalue weighted by Gasteiger charge is 2.32. The Morgan fingerprint density at radius 3 is 2.07 bits per heavy atom. The van der Waals surface area contributed by atoms with E-state index in [1.54, 1.807) is 0 Å². The van der Waals surface area contributed by atoms with Crippen molar-refractivity contribution in [3.05, 3.63) is 29.6 Å². The number of alkyl halides is 3. The second-order valence-corrected chi connectivity index (χ2v) is 4.01. The second kappa shape index (κ2) is 4.21. The molecule has 0 aromatic carbocycles. The first-order chi connectivity index (χ1) is 6.82. The minimum absolute atomic E-state index is 0.222. The minimum Gasteiger partial charge on any atom is -0.251 e. The third-order valence-electron chi connectivity index (χ3n) is 2.60. The van der Waals surface area contributed by atoms with Gasteiger partial charge in [0, 0.05) is 6.20 Å². The van der Waals surface area contributed by atoms with Gasteiger partial charge in [-0.05, 0) is 23.5 Å². The molecule has 0 saturated carbocycles. The van der Waals surface area contributed by atoms with Gasteiger partial charge in [0.15, 0.2) is 0 Å². The van der Waals surface area contributed by atoms with Gasteiger partial charge < -0.3 is 0 Å². The maximum absolute atomic E-state index is 12.2. The van der Waals surface area contributed by atoms with Gasteiger partial charge in [-0.2, -0.15) is 13.2 Å². The van der Waals surface area contributed by atoms with Crippen LogP contribution >= 0.6 is 0 Å². The number of nitrogens with zero attached hydrogens (tertiary/aromatic N) is 1. The molecule has 1 rings (SSSR count). The average Bonchev–Trinajstić information content (AvgIpc) is 2.15. The highest BCUT2D eigenvalue weighted by Crippen LogP contribution is 2.29. The summed E-state index contributed by atoms with van der Waals surface area (Å²) < 4.78 is 36.7. The summed E-state index contributed by atoms with van der Waals surface area (Å²) in [5, 5.41) is 0. The third-order valence-corrected chi connectivity index (χ3v) is 2.60. The summed E-state index contributed by atoms with van der Waals surface area (Å²) in [6.07, 6.45) is -3.03. The van der Waals surface area contributed by atoms with Crippen molar-refractivity contribution in [1.82, 2.24) is 4.98 Å². The van der Waals surface area contributed by atoms with Gasteiger partial charge in [0.25, 0.3) is 0 Å². The van der Waals surface area contributed by atoms with Crippen LogP contribution in [0.5, 0.6) is 0 Å². The number of rotatable bonds is 2. The molecule has 84 valence electrons. The van der Waals surface area contributed by atoms with Crippen molar-refractivity contribution >= 4 is 0 Å². The lowest BCUT2D eigenvalue weighted by molar-refractivity contribution is -0.141. The summed E-state index contributed by atoms with van der Waals surface area (Å²) >= 11 is 0. The molecule has 0 bridgehead atoms. The molecule has 1 aromatic rings. The first-order valence-corrected chi connectivity index (χ1v) is 4.85. The van der Waals surface area contributed by atoms with Crippen molar-refractivity contribution in [3.8, 4) is 0 Å². The van der Waals surface area contributed by atoms with Crippen LogP contribution in [0.15, 0.2) is 18.3 Å². The smallest absolute Gasteiger partial charge is 0.251 e. The van der Waals surface area contributed by atoms with Crippen molar-refractivity contribution in [2.24, 2.45) is 5.92 Å². The van der Waals surface area contributed by atoms with Gasteiger partial charge in [-0.25, -0.2) is 0 Å². The molecular formula is C11H14F3N. The van der Waals surface area contributed by atoms with E-state index in [1.807, 2.05) is 20.8 Å². The molecule has 1 atom stereocenters. The molecule has 0 fully saturated rings. The first kappa shape index (κ1) is 12.0. The Morgan fingerprint density at radius 1 is 1.13 bits per heavy atom. The summed E-state index contributed by atoms with van der Waals surface area (Å²) in [5.41, 5.74) is 0.0141. The normalized spacial score (nSPS) is 14.3. The van der Waals surface area contributed by atoms with E-state index in [0.717, 1.165) is 11.6 Å². The molecule has 4 heteroatoms. The molecule has 1 aromatic heterocycles. The molecule has 0 saturated heterocycles. The van der Waals surface area contributed by atoms with E-state index in [-0.39, 0.29) is 5.92 Å². The van der Waals surface area contributed by atoms with Crippen LogP contribution in [0.3, 0.4) is 0 Å². The Bertz CT molecular complexity index is 314. The van der Waals surface area contributed by atoms with Crippen molar-refractivity contribution in [2.45, 2.75) is 32.9 Å². The summed E-state index contributed by atoms with van der Waals surface area (Å²) in [4.78, 5) is 3.43. The fourth-order valence-corrected chi connectivity index (χ4v) is 1.23. The molecular weight excluding hydrogens is 203 g/mol. The van der Waals surface area contributed by atoms with Crippen LogP contribution in [0.1, 0.15) is 37.9 Å². The predicted molar refractivity (Wildman–Crippen MR) is 52.5 cm³/mol. The standard InChI is InChI=1S/C11H14F3N/c1-7(2)8(3)9-4-5-10(15-6-9)11(12,13)14/h4-8H,1-3H3. The number of hydrogen-bond donors (Lipinski definition) is 0. The highest BCUT2D eigenvalue weighted by atomic mass is 19.4. The maximum atomic E-state index is 12.2. The van der Waals surface area contributed by atoms with E-state index >= 15 is 0 Å². The van der Waals surface area contributed by atoms with E-state index in [9.17, 15) is 13.2 Å². The Morgan fingerprint density at radius 2 is 1.73 bits per heavy atom. The van der Waals surface area contributed by atoms with Gasteiger partial charge in [-0.3, -0.25) is 4.98 Å². The molecule has 0 aliphatic heterocycles. The number of halogens is 3. The lowest BCUT2D eigenvalue weighted by Gasteiger charge is -2.16. The number of hydrogen-bond acceptors (Lipinski definition) is 1. The molecule has 1 heterocycles. The average molecular weight is 217 g/mol. The SMILES string of the molecule is CC(C)C(C)c1ccc(C(F)(F)F)nc1. The van der Waals surface area contributed by atoms with Crippen LogP contribution < -0.4 is 0 Å². The Balaban J connectivity index is 2.91. The van der Waals surface area contributed by atoms with Gasteiger partial charge in [0.1, 0.15) is 5.69 Å². The fraction of sp³-hybridized carbons (Fsp3) is 0.545. The molecule has 0 aliphatic rings. The maximum Gasteiger partial charge on any atom is 0.433 e. The molecule has 1 nitrogen and oxygen atoms in total. The predicted octanol–water partition coefficient (Wildman–Crippen LogP) is 3.86. The van der Waals surface area contributed by atoms with Gasteiger partial charge >= 0.3 is 6.18 Å². The van der Waals surface area contributed by atoms with Gasteiger partial charge in [-0.1, -0.05) is 26.8 Å². The van der Waals surface area contributed by atoms with Crippen LogP contribution in [0.2, 0.25) is 0 Å². The van der Waals surface area contributed by atoms with Crippen LogP contribution in [0, 0.1) is 5.92 Å². The van der Waals surface area contributed by atoms with Crippen LogP contribution in [-0.4, -0.2) is 4.98 Å². The quantitative estimate of drug-likeness (QED) is 0.733. The highest BCUT2D eigenvalue weighted by molar-refractivity contribution is 5.19. The molecule has 0 N–H and O–H groups in total. The van der Waals surface area contributed by atoms with Crippen LogP contribution in [0.4, 0.5) is 13.2 Å². The van der Waals surface area contributed by atoms with E-state index < -0.39 is 11.9 Å². The van der Waals surface area contributed by atoms with Crippen LogP contribution in [-0.2, 0) is 6.18 Å². The Labute approximate surface area is 87.3 Å². The first-order valence-electron chi connectivity index (χ1n) is 4.85. The zero-order valence-corrected chi connectivity index (χ0v) is 8.97. The zero-order valence-electron chi connectivity index (χ0n) is 8.97.